The fourth-order valence-electron chi connectivity index (χ4n) is 1.80. The second-order valence-corrected chi connectivity index (χ2v) is 3.81. The number of methoxy groups -OCH3 is 1. The van der Waals surface area contributed by atoms with Crippen LogP contribution in [0.15, 0.2) is 0 Å². The minimum absolute atomic E-state index is 0.141. The first-order valence-electron chi connectivity index (χ1n) is 5.22. The van der Waals surface area contributed by atoms with Crippen LogP contribution in [0.1, 0.15) is 19.3 Å². The van der Waals surface area contributed by atoms with E-state index in [2.05, 4.69) is 22.0 Å². The van der Waals surface area contributed by atoms with E-state index in [1.807, 2.05) is 0 Å². The van der Waals surface area contributed by atoms with Gasteiger partial charge in [0.15, 0.2) is 0 Å². The predicted octanol–water partition coefficient (Wildman–Crippen LogP) is 0.233. The van der Waals surface area contributed by atoms with Crippen molar-refractivity contribution >= 4 is 5.97 Å². The smallest absolute Gasteiger partial charge is 0.306 e. The van der Waals surface area contributed by atoms with E-state index in [0.29, 0.717) is 12.5 Å². The summed E-state index contributed by atoms with van der Waals surface area (Å²) in [5, 5.41) is 3.28. The summed E-state index contributed by atoms with van der Waals surface area (Å²) in [6.45, 7) is 2.90. The number of carbonyl (C=O) groups is 1. The van der Waals surface area contributed by atoms with E-state index >= 15 is 0 Å². The zero-order chi connectivity index (χ0) is 10.4. The van der Waals surface area contributed by atoms with Crippen molar-refractivity contribution in [1.29, 1.82) is 0 Å². The van der Waals surface area contributed by atoms with E-state index in [1.165, 1.54) is 26.5 Å². The summed E-state index contributed by atoms with van der Waals surface area (Å²) in [6, 6.07) is 0.646. The molecule has 14 heavy (non-hydrogen) atoms. The molecule has 0 bridgehead atoms. The molecule has 4 heteroatoms. The molecule has 1 rings (SSSR count). The standard InChI is InChI=1S/C10H20N2O2/c1-12-7-3-4-9(12)8-11-6-5-10(13)14-2/h9,11H,3-8H2,1-2H3. The summed E-state index contributed by atoms with van der Waals surface area (Å²) in [7, 11) is 3.58. The van der Waals surface area contributed by atoms with Gasteiger partial charge in [0.1, 0.15) is 0 Å². The summed E-state index contributed by atoms with van der Waals surface area (Å²) in [5.41, 5.74) is 0. The summed E-state index contributed by atoms with van der Waals surface area (Å²) in [5.74, 6) is -0.141. The molecule has 0 aromatic carbocycles. The topological polar surface area (TPSA) is 41.6 Å². The van der Waals surface area contributed by atoms with E-state index in [-0.39, 0.29) is 5.97 Å². The van der Waals surface area contributed by atoms with Crippen LogP contribution in [0.2, 0.25) is 0 Å². The van der Waals surface area contributed by atoms with E-state index in [0.717, 1.165) is 13.1 Å². The molecule has 1 unspecified atom stereocenters. The van der Waals surface area contributed by atoms with E-state index in [1.54, 1.807) is 0 Å². The van der Waals surface area contributed by atoms with Crippen molar-refractivity contribution in [3.8, 4) is 0 Å². The fraction of sp³-hybridized carbons (Fsp3) is 0.900. The number of hydrogen-bond acceptors (Lipinski definition) is 4. The van der Waals surface area contributed by atoms with Gasteiger partial charge in [0.05, 0.1) is 13.5 Å². The van der Waals surface area contributed by atoms with Crippen LogP contribution >= 0.6 is 0 Å². The molecule has 0 saturated carbocycles. The number of likely N-dealkylation sites (tertiary alicyclic amines) is 1. The van der Waals surface area contributed by atoms with E-state index in [9.17, 15) is 4.79 Å². The largest absolute Gasteiger partial charge is 0.469 e. The van der Waals surface area contributed by atoms with Crippen LogP contribution in [0.4, 0.5) is 0 Å². The lowest BCUT2D eigenvalue weighted by atomic mass is 10.2. The average Bonchev–Trinajstić information content (AvgIpc) is 2.58. The molecule has 0 aromatic heterocycles. The van der Waals surface area contributed by atoms with Crippen LogP contribution in [-0.2, 0) is 9.53 Å². The van der Waals surface area contributed by atoms with Crippen molar-refractivity contribution in [3.05, 3.63) is 0 Å². The molecule has 4 nitrogen and oxygen atoms in total. The predicted molar refractivity (Wildman–Crippen MR) is 55.2 cm³/mol. The van der Waals surface area contributed by atoms with Crippen LogP contribution in [0.5, 0.6) is 0 Å². The highest BCUT2D eigenvalue weighted by atomic mass is 16.5. The Morgan fingerprint density at radius 1 is 1.64 bits per heavy atom. The number of nitrogens with zero attached hydrogens (tertiary/aromatic N) is 1. The fourth-order valence-corrected chi connectivity index (χ4v) is 1.80. The average molecular weight is 200 g/mol. The van der Waals surface area contributed by atoms with Crippen molar-refractivity contribution in [1.82, 2.24) is 10.2 Å². The van der Waals surface area contributed by atoms with Crippen molar-refractivity contribution in [3.63, 3.8) is 0 Å². The van der Waals surface area contributed by atoms with Gasteiger partial charge in [-0.05, 0) is 26.4 Å². The number of rotatable bonds is 5. The molecule has 1 heterocycles. The number of carbonyl (C=O) groups excluding carboxylic acids is 1. The van der Waals surface area contributed by atoms with Gasteiger partial charge in [-0.1, -0.05) is 0 Å². The number of nitrogens with one attached hydrogen (secondary N) is 1. The maximum Gasteiger partial charge on any atom is 0.306 e. The third kappa shape index (κ3) is 3.64. The number of likely N-dealkylation sites (N-methyl/N-ethyl adjacent to an activating group) is 1. The van der Waals surface area contributed by atoms with Crippen molar-refractivity contribution in [2.75, 3.05) is 33.8 Å². The van der Waals surface area contributed by atoms with E-state index in [4.69, 9.17) is 0 Å². The van der Waals surface area contributed by atoms with E-state index < -0.39 is 0 Å². The number of ether oxygens (including phenoxy) is 1. The maximum absolute atomic E-state index is 10.8. The zero-order valence-electron chi connectivity index (χ0n) is 9.08. The highest BCUT2D eigenvalue weighted by Crippen LogP contribution is 2.13. The Hall–Kier alpha value is -0.610. The molecule has 1 saturated heterocycles. The normalized spacial score (nSPS) is 22.6. The monoisotopic (exact) mass is 200 g/mol. The van der Waals surface area contributed by atoms with Gasteiger partial charge in [0.25, 0.3) is 0 Å². The molecule has 0 aliphatic carbocycles. The number of hydrogen-bond donors (Lipinski definition) is 1. The van der Waals surface area contributed by atoms with Gasteiger partial charge in [0.2, 0.25) is 0 Å². The van der Waals surface area contributed by atoms with Crippen LogP contribution < -0.4 is 5.32 Å². The molecular formula is C10H20N2O2. The van der Waals surface area contributed by atoms with Crippen molar-refractivity contribution in [2.45, 2.75) is 25.3 Å². The first-order valence-corrected chi connectivity index (χ1v) is 5.22. The minimum atomic E-state index is -0.141. The van der Waals surface area contributed by atoms with Gasteiger partial charge in [-0.3, -0.25) is 4.79 Å². The first-order chi connectivity index (χ1) is 6.74. The minimum Gasteiger partial charge on any atom is -0.469 e. The molecule has 82 valence electrons. The molecule has 1 fully saturated rings. The molecule has 1 atom stereocenters. The Morgan fingerprint density at radius 2 is 2.43 bits per heavy atom. The van der Waals surface area contributed by atoms with Gasteiger partial charge in [-0.25, -0.2) is 0 Å². The number of esters is 1. The van der Waals surface area contributed by atoms with Gasteiger partial charge < -0.3 is 15.0 Å². The second-order valence-electron chi connectivity index (χ2n) is 3.81. The molecule has 0 aromatic rings. The first kappa shape index (κ1) is 11.5. The molecule has 1 N–H and O–H groups in total. The SMILES string of the molecule is COC(=O)CCNCC1CCCN1C. The second kappa shape index (κ2) is 5.98. The van der Waals surface area contributed by atoms with Gasteiger partial charge in [-0.15, -0.1) is 0 Å². The molecule has 0 radical (unpaired) electrons. The molecular weight excluding hydrogens is 180 g/mol. The molecule has 0 spiro atoms. The van der Waals surface area contributed by atoms with Crippen LogP contribution in [0, 0.1) is 0 Å². The quantitative estimate of drug-likeness (QED) is 0.509. The van der Waals surface area contributed by atoms with Gasteiger partial charge in [0, 0.05) is 19.1 Å². The summed E-state index contributed by atoms with van der Waals surface area (Å²) >= 11 is 0. The maximum atomic E-state index is 10.8. The Balaban J connectivity index is 2.01. The summed E-state index contributed by atoms with van der Waals surface area (Å²) in [6.07, 6.45) is 3.02. The lowest BCUT2D eigenvalue weighted by molar-refractivity contribution is -0.140. The third-order valence-electron chi connectivity index (χ3n) is 2.79. The Morgan fingerprint density at radius 3 is 3.00 bits per heavy atom. The molecule has 1 aliphatic rings. The molecule has 1 aliphatic heterocycles. The lowest BCUT2D eigenvalue weighted by Gasteiger charge is -2.19. The molecule has 0 amide bonds. The third-order valence-corrected chi connectivity index (χ3v) is 2.79. The Kier molecular flexibility index (Phi) is 4.90. The van der Waals surface area contributed by atoms with Crippen LogP contribution in [0.25, 0.3) is 0 Å². The van der Waals surface area contributed by atoms with Gasteiger partial charge in [-0.2, -0.15) is 0 Å². The van der Waals surface area contributed by atoms with Crippen molar-refractivity contribution in [2.24, 2.45) is 0 Å². The van der Waals surface area contributed by atoms with Crippen LogP contribution in [0.3, 0.4) is 0 Å². The highest BCUT2D eigenvalue weighted by Gasteiger charge is 2.19. The zero-order valence-corrected chi connectivity index (χ0v) is 9.08. The Bertz CT molecular complexity index is 185. The van der Waals surface area contributed by atoms with Crippen molar-refractivity contribution < 1.29 is 9.53 Å². The highest BCUT2D eigenvalue weighted by molar-refractivity contribution is 5.69. The summed E-state index contributed by atoms with van der Waals surface area (Å²) in [4.78, 5) is 13.2. The lowest BCUT2D eigenvalue weighted by Crippen LogP contribution is -2.36. The van der Waals surface area contributed by atoms with Gasteiger partial charge >= 0.3 is 5.97 Å². The summed E-state index contributed by atoms with van der Waals surface area (Å²) < 4.78 is 4.55. The Labute approximate surface area is 85.6 Å². The van der Waals surface area contributed by atoms with Crippen LogP contribution in [-0.4, -0.2) is 50.7 Å².